The minimum atomic E-state index is 0.427. The van der Waals surface area contributed by atoms with E-state index in [-0.39, 0.29) is 0 Å². The zero-order valence-corrected chi connectivity index (χ0v) is 15.4. The number of guanidine groups is 1. The van der Waals surface area contributed by atoms with E-state index in [9.17, 15) is 0 Å². The number of likely N-dealkylation sites (tertiary alicyclic amines) is 1. The van der Waals surface area contributed by atoms with Crippen molar-refractivity contribution < 1.29 is 4.74 Å². The first-order valence-electron chi connectivity index (χ1n) is 9.33. The van der Waals surface area contributed by atoms with E-state index >= 15 is 0 Å². The van der Waals surface area contributed by atoms with Crippen LogP contribution in [0.3, 0.4) is 0 Å². The Hall–Kier alpha value is -0.810. The third-order valence-electron chi connectivity index (χ3n) is 5.70. The lowest BCUT2D eigenvalue weighted by molar-refractivity contribution is 0.0732. The lowest BCUT2D eigenvalue weighted by Crippen LogP contribution is -2.48. The topological polar surface area (TPSA) is 48.9 Å². The van der Waals surface area contributed by atoms with Gasteiger partial charge in [-0.1, -0.05) is 13.3 Å². The van der Waals surface area contributed by atoms with Crippen molar-refractivity contribution in [3.05, 3.63) is 0 Å². The molecular formula is C18H36N4O. The fourth-order valence-corrected chi connectivity index (χ4v) is 3.62. The molecule has 23 heavy (non-hydrogen) atoms. The summed E-state index contributed by atoms with van der Waals surface area (Å²) in [6, 6.07) is 0. The Morgan fingerprint density at radius 2 is 2.00 bits per heavy atom. The van der Waals surface area contributed by atoms with Crippen molar-refractivity contribution in [3.63, 3.8) is 0 Å². The van der Waals surface area contributed by atoms with Gasteiger partial charge < -0.3 is 20.3 Å². The first-order valence-corrected chi connectivity index (χ1v) is 9.33. The van der Waals surface area contributed by atoms with E-state index in [0.29, 0.717) is 5.41 Å². The normalized spacial score (nSPS) is 22.7. The van der Waals surface area contributed by atoms with Gasteiger partial charge in [0.1, 0.15) is 0 Å². The number of piperidine rings is 1. The maximum atomic E-state index is 5.27. The molecule has 0 aromatic heterocycles. The molecule has 1 saturated heterocycles. The molecule has 134 valence electrons. The molecule has 0 radical (unpaired) electrons. The highest BCUT2D eigenvalue weighted by molar-refractivity contribution is 5.79. The van der Waals surface area contributed by atoms with E-state index in [0.717, 1.165) is 44.5 Å². The number of ether oxygens (including phenoxy) is 1. The van der Waals surface area contributed by atoms with Crippen LogP contribution in [0.15, 0.2) is 4.99 Å². The molecule has 5 nitrogen and oxygen atoms in total. The summed E-state index contributed by atoms with van der Waals surface area (Å²) >= 11 is 0. The molecule has 1 aliphatic carbocycles. The van der Waals surface area contributed by atoms with Gasteiger partial charge in [0.05, 0.1) is 0 Å². The van der Waals surface area contributed by atoms with Crippen LogP contribution in [-0.2, 0) is 4.74 Å². The van der Waals surface area contributed by atoms with E-state index in [2.05, 4.69) is 27.4 Å². The molecule has 2 N–H and O–H groups in total. The zero-order chi connectivity index (χ0) is 16.5. The zero-order valence-electron chi connectivity index (χ0n) is 15.4. The second-order valence-corrected chi connectivity index (χ2v) is 7.47. The van der Waals surface area contributed by atoms with Crippen LogP contribution in [0.1, 0.15) is 45.4 Å². The summed E-state index contributed by atoms with van der Waals surface area (Å²) in [4.78, 5) is 6.93. The molecule has 1 heterocycles. The minimum Gasteiger partial charge on any atom is -0.385 e. The van der Waals surface area contributed by atoms with E-state index in [1.54, 1.807) is 7.11 Å². The smallest absolute Gasteiger partial charge is 0.191 e. The molecule has 1 saturated carbocycles. The largest absolute Gasteiger partial charge is 0.385 e. The Morgan fingerprint density at radius 3 is 2.57 bits per heavy atom. The molecule has 0 amide bonds. The molecule has 0 bridgehead atoms. The lowest BCUT2D eigenvalue weighted by atomic mass is 9.67. The van der Waals surface area contributed by atoms with Crippen LogP contribution >= 0.6 is 0 Å². The molecule has 0 aromatic carbocycles. The van der Waals surface area contributed by atoms with Gasteiger partial charge in [-0.3, -0.25) is 4.99 Å². The maximum absolute atomic E-state index is 5.27. The average molecular weight is 325 g/mol. The highest BCUT2D eigenvalue weighted by Crippen LogP contribution is 2.43. The summed E-state index contributed by atoms with van der Waals surface area (Å²) in [5, 5.41) is 7.00. The number of methoxy groups -OCH3 is 1. The second-order valence-electron chi connectivity index (χ2n) is 7.47. The molecule has 5 heteroatoms. The predicted octanol–water partition coefficient (Wildman–Crippen LogP) is 2.09. The molecule has 0 atom stereocenters. The molecule has 2 rings (SSSR count). The number of nitrogens with one attached hydrogen (secondary N) is 2. The van der Waals surface area contributed by atoms with Gasteiger partial charge in [0.2, 0.25) is 0 Å². The van der Waals surface area contributed by atoms with Crippen LogP contribution in [0, 0.1) is 11.3 Å². The predicted molar refractivity (Wildman–Crippen MR) is 97.0 cm³/mol. The third-order valence-corrected chi connectivity index (χ3v) is 5.70. The number of hydrogen-bond donors (Lipinski definition) is 2. The summed E-state index contributed by atoms with van der Waals surface area (Å²) in [5.41, 5.74) is 0.427. The van der Waals surface area contributed by atoms with Crippen LogP contribution in [0.5, 0.6) is 0 Å². The first-order chi connectivity index (χ1) is 11.2. The Morgan fingerprint density at radius 1 is 1.26 bits per heavy atom. The maximum Gasteiger partial charge on any atom is 0.191 e. The van der Waals surface area contributed by atoms with E-state index in [1.165, 1.54) is 45.2 Å². The molecule has 2 fully saturated rings. The first kappa shape index (κ1) is 18.5. The van der Waals surface area contributed by atoms with Gasteiger partial charge in [0.25, 0.3) is 0 Å². The van der Waals surface area contributed by atoms with E-state index in [1.807, 2.05) is 7.05 Å². The van der Waals surface area contributed by atoms with Crippen molar-refractivity contribution in [2.24, 2.45) is 16.3 Å². The van der Waals surface area contributed by atoms with E-state index < -0.39 is 0 Å². The van der Waals surface area contributed by atoms with Gasteiger partial charge in [0.15, 0.2) is 5.96 Å². The molecule has 1 aliphatic heterocycles. The summed E-state index contributed by atoms with van der Waals surface area (Å²) < 4.78 is 5.27. The van der Waals surface area contributed by atoms with Gasteiger partial charge >= 0.3 is 0 Å². The van der Waals surface area contributed by atoms with Crippen molar-refractivity contribution in [1.29, 1.82) is 0 Å². The Labute approximate surface area is 142 Å². The SMILES string of the molecule is CN=C(NCCN1CCC(C)CC1)NCC1(CCOC)CCC1. The molecule has 0 aromatic rings. The fourth-order valence-electron chi connectivity index (χ4n) is 3.62. The van der Waals surface area contributed by atoms with Crippen LogP contribution in [0.2, 0.25) is 0 Å². The quantitative estimate of drug-likeness (QED) is 0.530. The van der Waals surface area contributed by atoms with Gasteiger partial charge in [-0.25, -0.2) is 0 Å². The van der Waals surface area contributed by atoms with Gasteiger partial charge in [-0.2, -0.15) is 0 Å². The monoisotopic (exact) mass is 324 g/mol. The van der Waals surface area contributed by atoms with Crippen molar-refractivity contribution in [1.82, 2.24) is 15.5 Å². The molecule has 2 aliphatic rings. The fraction of sp³-hybridized carbons (Fsp3) is 0.944. The summed E-state index contributed by atoms with van der Waals surface area (Å²) in [5.74, 6) is 1.85. The van der Waals surface area contributed by atoms with Crippen LogP contribution in [0.25, 0.3) is 0 Å². The van der Waals surface area contributed by atoms with Gasteiger partial charge in [-0.05, 0) is 56.5 Å². The third kappa shape index (κ3) is 5.96. The van der Waals surface area contributed by atoms with Crippen molar-refractivity contribution in [3.8, 4) is 0 Å². The van der Waals surface area contributed by atoms with Gasteiger partial charge in [0, 0.05) is 40.4 Å². The number of hydrogen-bond acceptors (Lipinski definition) is 3. The average Bonchev–Trinajstić information content (AvgIpc) is 2.53. The Balaban J connectivity index is 1.63. The summed E-state index contributed by atoms with van der Waals surface area (Å²) in [6.07, 6.45) is 7.81. The molecule has 0 unspecified atom stereocenters. The standard InChI is InChI=1S/C18H36N4O/c1-16-5-11-22(12-6-16)13-10-20-17(19-2)21-15-18(7-4-8-18)9-14-23-3/h16H,4-15H2,1-3H3,(H2,19,20,21). The molecular weight excluding hydrogens is 288 g/mol. The highest BCUT2D eigenvalue weighted by atomic mass is 16.5. The molecule has 0 spiro atoms. The summed E-state index contributed by atoms with van der Waals surface area (Å²) in [7, 11) is 3.65. The highest BCUT2D eigenvalue weighted by Gasteiger charge is 2.36. The minimum absolute atomic E-state index is 0.427. The lowest BCUT2D eigenvalue weighted by Gasteiger charge is -2.42. The number of rotatable bonds is 8. The van der Waals surface area contributed by atoms with Gasteiger partial charge in [-0.15, -0.1) is 0 Å². The van der Waals surface area contributed by atoms with Crippen LogP contribution < -0.4 is 10.6 Å². The second kappa shape index (κ2) is 9.48. The number of aliphatic imine (C=N–C) groups is 1. The Kier molecular flexibility index (Phi) is 7.63. The summed E-state index contributed by atoms with van der Waals surface area (Å²) in [6.45, 7) is 8.81. The van der Waals surface area contributed by atoms with Crippen LogP contribution in [0.4, 0.5) is 0 Å². The van der Waals surface area contributed by atoms with Crippen molar-refractivity contribution >= 4 is 5.96 Å². The van der Waals surface area contributed by atoms with Crippen molar-refractivity contribution in [2.75, 3.05) is 53.5 Å². The Bertz CT molecular complexity index is 360. The van der Waals surface area contributed by atoms with Crippen molar-refractivity contribution in [2.45, 2.75) is 45.4 Å². The number of nitrogens with zero attached hydrogens (tertiary/aromatic N) is 2. The van der Waals surface area contributed by atoms with E-state index in [4.69, 9.17) is 4.74 Å². The van der Waals surface area contributed by atoms with Crippen LogP contribution in [-0.4, -0.2) is 64.3 Å².